The topological polar surface area (TPSA) is 41.5 Å². The third-order valence-corrected chi connectivity index (χ3v) is 4.57. The number of aliphatic hydroxyl groups excluding tert-OH is 1. The Labute approximate surface area is 121 Å². The summed E-state index contributed by atoms with van der Waals surface area (Å²) in [5, 5.41) is 13.0. The van der Waals surface area contributed by atoms with E-state index in [1.165, 1.54) is 24.0 Å². The Kier molecular flexibility index (Phi) is 4.27. The molecule has 1 aliphatic heterocycles. The zero-order chi connectivity index (χ0) is 13.9. The minimum atomic E-state index is 0.280. The largest absolute Gasteiger partial charge is 0.493 e. The van der Waals surface area contributed by atoms with E-state index in [2.05, 4.69) is 30.4 Å². The summed E-state index contributed by atoms with van der Waals surface area (Å²) in [5.74, 6) is 1.83. The minimum absolute atomic E-state index is 0.280. The smallest absolute Gasteiger partial charge is 0.122 e. The molecule has 2 N–H and O–H groups in total. The zero-order valence-electron chi connectivity index (χ0n) is 12.3. The number of nitrogens with one attached hydrogen (secondary N) is 1. The normalized spacial score (nSPS) is 20.3. The molecule has 2 unspecified atom stereocenters. The van der Waals surface area contributed by atoms with E-state index < -0.39 is 0 Å². The highest BCUT2D eigenvalue weighted by molar-refractivity contribution is 5.40. The van der Waals surface area contributed by atoms with Crippen LogP contribution in [0, 0.1) is 5.92 Å². The second-order valence-electron chi connectivity index (χ2n) is 6.05. The SMILES string of the molecule is CCC(NC(CCO)C1CC1)c1ccc2c(c1)CCO2. The Balaban J connectivity index is 1.71. The lowest BCUT2D eigenvalue weighted by Crippen LogP contribution is -2.35. The third-order valence-electron chi connectivity index (χ3n) is 4.57. The second kappa shape index (κ2) is 6.15. The molecule has 1 aliphatic carbocycles. The van der Waals surface area contributed by atoms with Crippen molar-refractivity contribution in [2.45, 2.75) is 51.1 Å². The molecule has 1 saturated carbocycles. The summed E-state index contributed by atoms with van der Waals surface area (Å²) in [6.07, 6.45) is 5.60. The van der Waals surface area contributed by atoms with E-state index in [1.54, 1.807) is 0 Å². The fourth-order valence-corrected chi connectivity index (χ4v) is 3.22. The van der Waals surface area contributed by atoms with Gasteiger partial charge in [-0.25, -0.2) is 0 Å². The van der Waals surface area contributed by atoms with E-state index in [4.69, 9.17) is 4.74 Å². The summed E-state index contributed by atoms with van der Waals surface area (Å²) in [4.78, 5) is 0. The van der Waals surface area contributed by atoms with Gasteiger partial charge in [0.1, 0.15) is 5.75 Å². The molecule has 1 aromatic carbocycles. The zero-order valence-corrected chi connectivity index (χ0v) is 12.3. The summed E-state index contributed by atoms with van der Waals surface area (Å²) in [5.41, 5.74) is 2.70. The molecule has 3 rings (SSSR count). The molecule has 1 fully saturated rings. The summed E-state index contributed by atoms with van der Waals surface area (Å²) >= 11 is 0. The molecule has 3 nitrogen and oxygen atoms in total. The molecule has 2 atom stereocenters. The van der Waals surface area contributed by atoms with E-state index in [0.717, 1.165) is 37.5 Å². The molecule has 0 spiro atoms. The average molecular weight is 275 g/mol. The van der Waals surface area contributed by atoms with E-state index >= 15 is 0 Å². The highest BCUT2D eigenvalue weighted by Crippen LogP contribution is 2.36. The fourth-order valence-electron chi connectivity index (χ4n) is 3.22. The molecular formula is C17H25NO2. The summed E-state index contributed by atoms with van der Waals surface area (Å²) in [7, 11) is 0. The molecule has 3 heteroatoms. The van der Waals surface area contributed by atoms with Gasteiger partial charge in [-0.3, -0.25) is 0 Å². The monoisotopic (exact) mass is 275 g/mol. The highest BCUT2D eigenvalue weighted by Gasteiger charge is 2.32. The van der Waals surface area contributed by atoms with Gasteiger partial charge in [-0.2, -0.15) is 0 Å². The van der Waals surface area contributed by atoms with Gasteiger partial charge in [-0.05, 0) is 48.8 Å². The van der Waals surface area contributed by atoms with Crippen LogP contribution in [-0.4, -0.2) is 24.4 Å². The number of hydrogen-bond acceptors (Lipinski definition) is 3. The lowest BCUT2D eigenvalue weighted by Gasteiger charge is -2.25. The lowest BCUT2D eigenvalue weighted by molar-refractivity contribution is 0.247. The quantitative estimate of drug-likeness (QED) is 0.804. The van der Waals surface area contributed by atoms with Crippen molar-refractivity contribution in [3.05, 3.63) is 29.3 Å². The van der Waals surface area contributed by atoms with Crippen molar-refractivity contribution in [3.63, 3.8) is 0 Å². The first-order valence-corrected chi connectivity index (χ1v) is 7.94. The van der Waals surface area contributed by atoms with Gasteiger partial charge in [0.05, 0.1) is 6.61 Å². The molecule has 0 bridgehead atoms. The second-order valence-corrected chi connectivity index (χ2v) is 6.05. The number of ether oxygens (including phenoxy) is 1. The lowest BCUT2D eigenvalue weighted by atomic mass is 9.98. The Morgan fingerprint density at radius 2 is 2.25 bits per heavy atom. The van der Waals surface area contributed by atoms with Gasteiger partial charge in [0.25, 0.3) is 0 Å². The van der Waals surface area contributed by atoms with Crippen molar-refractivity contribution in [2.24, 2.45) is 5.92 Å². The molecule has 2 aliphatic rings. The summed E-state index contributed by atoms with van der Waals surface area (Å²) in [6, 6.07) is 7.45. The van der Waals surface area contributed by atoms with Gasteiger partial charge in [-0.1, -0.05) is 19.1 Å². The van der Waals surface area contributed by atoms with E-state index in [0.29, 0.717) is 12.1 Å². The van der Waals surface area contributed by atoms with Crippen LogP contribution in [0.3, 0.4) is 0 Å². The molecule has 20 heavy (non-hydrogen) atoms. The van der Waals surface area contributed by atoms with Crippen molar-refractivity contribution in [3.8, 4) is 5.75 Å². The number of aliphatic hydroxyl groups is 1. The minimum Gasteiger partial charge on any atom is -0.493 e. The standard InChI is InChI=1S/C17H25NO2/c1-2-15(18-16(7-9-19)12-3-4-12)13-5-6-17-14(11-13)8-10-20-17/h5-6,11-12,15-16,18-19H,2-4,7-10H2,1H3. The maximum absolute atomic E-state index is 9.24. The van der Waals surface area contributed by atoms with Crippen LogP contribution in [0.4, 0.5) is 0 Å². The van der Waals surface area contributed by atoms with E-state index in [-0.39, 0.29) is 6.61 Å². The molecule has 0 aromatic heterocycles. The fraction of sp³-hybridized carbons (Fsp3) is 0.647. The van der Waals surface area contributed by atoms with Crippen molar-refractivity contribution in [2.75, 3.05) is 13.2 Å². The van der Waals surface area contributed by atoms with Crippen LogP contribution in [0.1, 0.15) is 49.8 Å². The van der Waals surface area contributed by atoms with Gasteiger partial charge >= 0.3 is 0 Å². The number of benzene rings is 1. The molecule has 1 heterocycles. The van der Waals surface area contributed by atoms with E-state index in [9.17, 15) is 5.11 Å². The third kappa shape index (κ3) is 2.99. The number of fused-ring (bicyclic) bond motifs is 1. The van der Waals surface area contributed by atoms with Gasteiger partial charge in [0.15, 0.2) is 0 Å². The van der Waals surface area contributed by atoms with Gasteiger partial charge in [0, 0.05) is 25.1 Å². The Bertz CT molecular complexity index is 456. The van der Waals surface area contributed by atoms with Crippen LogP contribution < -0.4 is 10.1 Å². The van der Waals surface area contributed by atoms with Crippen LogP contribution in [0.5, 0.6) is 5.75 Å². The molecule has 1 aromatic rings. The number of rotatable bonds is 7. The van der Waals surface area contributed by atoms with Crippen LogP contribution >= 0.6 is 0 Å². The predicted molar refractivity (Wildman–Crippen MR) is 80.0 cm³/mol. The molecule has 0 amide bonds. The summed E-state index contributed by atoms with van der Waals surface area (Å²) < 4.78 is 5.58. The van der Waals surface area contributed by atoms with Crippen LogP contribution in [0.25, 0.3) is 0 Å². The van der Waals surface area contributed by atoms with Crippen molar-refractivity contribution < 1.29 is 9.84 Å². The van der Waals surface area contributed by atoms with Crippen molar-refractivity contribution >= 4 is 0 Å². The first-order valence-electron chi connectivity index (χ1n) is 7.94. The maximum atomic E-state index is 9.24. The first kappa shape index (κ1) is 13.9. The first-order chi connectivity index (χ1) is 9.81. The Morgan fingerprint density at radius 1 is 1.40 bits per heavy atom. The van der Waals surface area contributed by atoms with Crippen LogP contribution in [-0.2, 0) is 6.42 Å². The van der Waals surface area contributed by atoms with Crippen molar-refractivity contribution in [1.82, 2.24) is 5.32 Å². The predicted octanol–water partition coefficient (Wildman–Crippen LogP) is 2.82. The van der Waals surface area contributed by atoms with Gasteiger partial charge in [0.2, 0.25) is 0 Å². The Morgan fingerprint density at radius 3 is 2.95 bits per heavy atom. The van der Waals surface area contributed by atoms with Crippen molar-refractivity contribution in [1.29, 1.82) is 0 Å². The molecule has 0 saturated heterocycles. The van der Waals surface area contributed by atoms with Crippen LogP contribution in [0.15, 0.2) is 18.2 Å². The maximum Gasteiger partial charge on any atom is 0.122 e. The van der Waals surface area contributed by atoms with Crippen LogP contribution in [0.2, 0.25) is 0 Å². The molecular weight excluding hydrogens is 250 g/mol. The average Bonchev–Trinajstić information content (AvgIpc) is 3.20. The molecule has 110 valence electrons. The Hall–Kier alpha value is -1.06. The molecule has 0 radical (unpaired) electrons. The highest BCUT2D eigenvalue weighted by atomic mass is 16.5. The number of hydrogen-bond donors (Lipinski definition) is 2. The van der Waals surface area contributed by atoms with E-state index in [1.807, 2.05) is 0 Å². The van der Waals surface area contributed by atoms with Gasteiger partial charge in [-0.15, -0.1) is 0 Å². The van der Waals surface area contributed by atoms with Gasteiger partial charge < -0.3 is 15.2 Å². The summed E-state index contributed by atoms with van der Waals surface area (Å²) in [6.45, 7) is 3.32.